The van der Waals surface area contributed by atoms with Crippen LogP contribution in [0, 0.1) is 0 Å². The smallest absolute Gasteiger partial charge is 0.191 e. The fourth-order valence-corrected chi connectivity index (χ4v) is 2.20. The van der Waals surface area contributed by atoms with Gasteiger partial charge in [0.15, 0.2) is 5.96 Å². The van der Waals surface area contributed by atoms with E-state index in [1.165, 1.54) is 0 Å². The number of nitrogens with zero attached hydrogens (tertiary/aromatic N) is 1. The van der Waals surface area contributed by atoms with Crippen LogP contribution in [0.1, 0.15) is 19.4 Å². The highest BCUT2D eigenvalue weighted by molar-refractivity contribution is 7.99. The van der Waals surface area contributed by atoms with Crippen LogP contribution in [0.2, 0.25) is 0 Å². The molecule has 2 N–H and O–H groups in total. The topological polar surface area (TPSA) is 54.9 Å². The van der Waals surface area contributed by atoms with E-state index in [1.54, 1.807) is 21.3 Å². The predicted octanol–water partition coefficient (Wildman–Crippen LogP) is 2.55. The van der Waals surface area contributed by atoms with Gasteiger partial charge in [-0.25, -0.2) is 0 Å². The van der Waals surface area contributed by atoms with Crippen molar-refractivity contribution in [3.63, 3.8) is 0 Å². The molecule has 0 aliphatic heterocycles. The Bertz CT molecular complexity index is 519. The lowest BCUT2D eigenvalue weighted by molar-refractivity contribution is 0.398. The van der Waals surface area contributed by atoms with E-state index in [-0.39, 0.29) is 4.75 Å². The van der Waals surface area contributed by atoms with Crippen LogP contribution in [0.4, 0.5) is 0 Å². The SMILES string of the molecule is CN=C(NCCc1cc(OC)ccc1OC)NCC(C)(C)SC. The van der Waals surface area contributed by atoms with Crippen molar-refractivity contribution < 1.29 is 9.47 Å². The van der Waals surface area contributed by atoms with Gasteiger partial charge in [0.05, 0.1) is 14.2 Å². The molecule has 5 nitrogen and oxygen atoms in total. The minimum Gasteiger partial charge on any atom is -0.497 e. The van der Waals surface area contributed by atoms with Gasteiger partial charge in [0.2, 0.25) is 0 Å². The molecule has 6 heteroatoms. The summed E-state index contributed by atoms with van der Waals surface area (Å²) >= 11 is 1.83. The molecule has 0 aromatic heterocycles. The first-order valence-electron chi connectivity index (χ1n) is 7.66. The number of benzene rings is 1. The lowest BCUT2D eigenvalue weighted by Gasteiger charge is -2.23. The maximum absolute atomic E-state index is 5.40. The quantitative estimate of drug-likeness (QED) is 0.563. The van der Waals surface area contributed by atoms with E-state index in [0.717, 1.165) is 42.5 Å². The van der Waals surface area contributed by atoms with Gasteiger partial charge in [0.25, 0.3) is 0 Å². The molecular weight excluding hydrogens is 310 g/mol. The largest absolute Gasteiger partial charge is 0.497 e. The van der Waals surface area contributed by atoms with E-state index in [4.69, 9.17) is 9.47 Å². The van der Waals surface area contributed by atoms with E-state index in [2.05, 4.69) is 35.7 Å². The molecule has 0 atom stereocenters. The Morgan fingerprint density at radius 3 is 2.52 bits per heavy atom. The van der Waals surface area contributed by atoms with E-state index in [9.17, 15) is 0 Å². The number of methoxy groups -OCH3 is 2. The van der Waals surface area contributed by atoms with Crippen LogP contribution in [0.15, 0.2) is 23.2 Å². The molecule has 0 saturated carbocycles. The summed E-state index contributed by atoms with van der Waals surface area (Å²) < 4.78 is 10.9. The molecule has 23 heavy (non-hydrogen) atoms. The van der Waals surface area contributed by atoms with Crippen LogP contribution in [0.25, 0.3) is 0 Å². The average Bonchev–Trinajstić information content (AvgIpc) is 2.57. The van der Waals surface area contributed by atoms with Gasteiger partial charge in [-0.3, -0.25) is 4.99 Å². The normalized spacial score (nSPS) is 12.0. The van der Waals surface area contributed by atoms with Crippen molar-refractivity contribution >= 4 is 17.7 Å². The highest BCUT2D eigenvalue weighted by atomic mass is 32.2. The molecule has 0 heterocycles. The second-order valence-electron chi connectivity index (χ2n) is 5.74. The van der Waals surface area contributed by atoms with Gasteiger partial charge in [-0.15, -0.1) is 0 Å². The zero-order valence-corrected chi connectivity index (χ0v) is 15.8. The van der Waals surface area contributed by atoms with Crippen molar-refractivity contribution in [3.8, 4) is 11.5 Å². The first-order chi connectivity index (χ1) is 11.0. The summed E-state index contributed by atoms with van der Waals surface area (Å²) in [6.07, 6.45) is 2.94. The third kappa shape index (κ3) is 6.60. The zero-order chi connectivity index (χ0) is 17.3. The molecule has 0 saturated heterocycles. The van der Waals surface area contributed by atoms with Gasteiger partial charge in [-0.2, -0.15) is 11.8 Å². The third-order valence-corrected chi connectivity index (χ3v) is 4.88. The van der Waals surface area contributed by atoms with Crippen molar-refractivity contribution in [3.05, 3.63) is 23.8 Å². The Balaban J connectivity index is 2.55. The maximum Gasteiger partial charge on any atom is 0.191 e. The average molecular weight is 340 g/mol. The van der Waals surface area contributed by atoms with Crippen molar-refractivity contribution in [1.82, 2.24) is 10.6 Å². The van der Waals surface area contributed by atoms with Crippen LogP contribution < -0.4 is 20.1 Å². The summed E-state index contributed by atoms with van der Waals surface area (Å²) in [6.45, 7) is 6.04. The lowest BCUT2D eigenvalue weighted by atomic mass is 10.1. The zero-order valence-electron chi connectivity index (χ0n) is 15.0. The van der Waals surface area contributed by atoms with Crippen LogP contribution in [0.5, 0.6) is 11.5 Å². The third-order valence-electron chi connectivity index (χ3n) is 3.63. The Labute approximate surface area is 144 Å². The second-order valence-corrected chi connectivity index (χ2v) is 7.26. The number of nitrogens with one attached hydrogen (secondary N) is 2. The van der Waals surface area contributed by atoms with Crippen LogP contribution in [0.3, 0.4) is 0 Å². The van der Waals surface area contributed by atoms with E-state index in [0.29, 0.717) is 0 Å². The molecule has 0 unspecified atom stereocenters. The first-order valence-corrected chi connectivity index (χ1v) is 8.88. The highest BCUT2D eigenvalue weighted by Gasteiger charge is 2.16. The molecule has 1 aromatic carbocycles. The fourth-order valence-electron chi connectivity index (χ4n) is 1.98. The first kappa shape index (κ1) is 19.5. The van der Waals surface area contributed by atoms with Gasteiger partial charge in [-0.05, 0) is 50.3 Å². The molecule has 0 radical (unpaired) electrons. The molecule has 1 aromatic rings. The van der Waals surface area contributed by atoms with Gasteiger partial charge in [0, 0.05) is 24.9 Å². The predicted molar refractivity (Wildman–Crippen MR) is 100 cm³/mol. The number of ether oxygens (including phenoxy) is 2. The molecule has 0 bridgehead atoms. The lowest BCUT2D eigenvalue weighted by Crippen LogP contribution is -2.43. The van der Waals surface area contributed by atoms with Crippen molar-refractivity contribution in [2.24, 2.45) is 4.99 Å². The van der Waals surface area contributed by atoms with Gasteiger partial charge >= 0.3 is 0 Å². The Morgan fingerprint density at radius 2 is 1.96 bits per heavy atom. The minimum atomic E-state index is 0.174. The number of hydrogen-bond acceptors (Lipinski definition) is 4. The molecule has 130 valence electrons. The number of guanidine groups is 1. The molecule has 0 fully saturated rings. The molecule has 0 aliphatic carbocycles. The van der Waals surface area contributed by atoms with Crippen molar-refractivity contribution in [1.29, 1.82) is 0 Å². The van der Waals surface area contributed by atoms with Crippen LogP contribution in [-0.2, 0) is 6.42 Å². The van der Waals surface area contributed by atoms with Crippen molar-refractivity contribution in [2.45, 2.75) is 25.0 Å². The summed E-state index contributed by atoms with van der Waals surface area (Å²) in [5, 5.41) is 6.70. The number of aliphatic imine (C=N–C) groups is 1. The summed E-state index contributed by atoms with van der Waals surface area (Å²) in [6, 6.07) is 5.84. The summed E-state index contributed by atoms with van der Waals surface area (Å²) in [4.78, 5) is 4.26. The monoisotopic (exact) mass is 339 g/mol. The molecule has 0 spiro atoms. The Morgan fingerprint density at radius 1 is 1.22 bits per heavy atom. The Hall–Kier alpha value is -1.56. The van der Waals surface area contributed by atoms with Crippen LogP contribution >= 0.6 is 11.8 Å². The number of hydrogen-bond donors (Lipinski definition) is 2. The minimum absolute atomic E-state index is 0.174. The summed E-state index contributed by atoms with van der Waals surface area (Å²) in [5.41, 5.74) is 1.11. The van der Waals surface area contributed by atoms with E-state index >= 15 is 0 Å². The Kier molecular flexibility index (Phi) is 8.09. The summed E-state index contributed by atoms with van der Waals surface area (Å²) in [7, 11) is 5.14. The van der Waals surface area contributed by atoms with Gasteiger partial charge in [-0.1, -0.05) is 0 Å². The standard InChI is InChI=1S/C17H29N3O2S/c1-17(2,23-6)12-20-16(18-3)19-10-9-13-11-14(21-4)7-8-15(13)22-5/h7-8,11H,9-10,12H2,1-6H3,(H2,18,19,20). The van der Waals surface area contributed by atoms with Crippen molar-refractivity contribution in [2.75, 3.05) is 40.6 Å². The molecular formula is C17H29N3O2S. The molecule has 0 aliphatic rings. The second kappa shape index (κ2) is 9.55. The molecule has 1 rings (SSSR count). The van der Waals surface area contributed by atoms with E-state index in [1.807, 2.05) is 30.0 Å². The van der Waals surface area contributed by atoms with Crippen LogP contribution in [-0.4, -0.2) is 51.3 Å². The van der Waals surface area contributed by atoms with Gasteiger partial charge < -0.3 is 20.1 Å². The number of thioether (sulfide) groups is 1. The van der Waals surface area contributed by atoms with E-state index < -0.39 is 0 Å². The number of rotatable bonds is 8. The summed E-state index contributed by atoms with van der Waals surface area (Å²) in [5.74, 6) is 2.53. The highest BCUT2D eigenvalue weighted by Crippen LogP contribution is 2.24. The fraction of sp³-hybridized carbons (Fsp3) is 0.588. The van der Waals surface area contributed by atoms with Gasteiger partial charge in [0.1, 0.15) is 11.5 Å². The maximum atomic E-state index is 5.40. The molecule has 0 amide bonds.